The van der Waals surface area contributed by atoms with Gasteiger partial charge < -0.3 is 11.1 Å². The second kappa shape index (κ2) is 8.94. The predicted molar refractivity (Wildman–Crippen MR) is 82.5 cm³/mol. The fourth-order valence-electron chi connectivity index (χ4n) is 1.85. The largest absolute Gasteiger partial charge is 0.355 e. The molecule has 3 nitrogen and oxygen atoms in total. The van der Waals surface area contributed by atoms with Crippen molar-refractivity contribution in [2.24, 2.45) is 11.7 Å². The Morgan fingerprint density at radius 3 is 2.32 bits per heavy atom. The molecule has 3 atom stereocenters. The highest BCUT2D eigenvalue weighted by atomic mass is 35.5. The van der Waals surface area contributed by atoms with Gasteiger partial charge in [-0.15, -0.1) is 12.4 Å². The van der Waals surface area contributed by atoms with Gasteiger partial charge in [-0.3, -0.25) is 4.79 Å². The third kappa shape index (κ3) is 5.62. The fraction of sp³-hybridized carbons (Fsp3) is 0.533. The zero-order chi connectivity index (χ0) is 13.5. The molecular weight excluding hydrogens is 260 g/mol. The number of carbonyl (C=O) groups excluding carboxylic acids is 1. The third-order valence-corrected chi connectivity index (χ3v) is 3.49. The highest BCUT2D eigenvalue weighted by Gasteiger charge is 2.18. The molecule has 0 aliphatic carbocycles. The van der Waals surface area contributed by atoms with E-state index in [0.717, 1.165) is 6.42 Å². The first-order chi connectivity index (χ1) is 8.56. The number of amides is 1. The number of nitrogens with one attached hydrogen (secondary N) is 1. The van der Waals surface area contributed by atoms with E-state index in [1.807, 2.05) is 32.0 Å². The Kier molecular flexibility index (Phi) is 8.44. The molecule has 1 amide bonds. The van der Waals surface area contributed by atoms with Gasteiger partial charge in [0.15, 0.2) is 0 Å². The molecule has 0 saturated carbocycles. The van der Waals surface area contributed by atoms with Crippen LogP contribution >= 0.6 is 12.4 Å². The molecule has 0 heterocycles. The summed E-state index contributed by atoms with van der Waals surface area (Å²) >= 11 is 0. The van der Waals surface area contributed by atoms with Crippen LogP contribution in [-0.2, 0) is 4.79 Å². The molecule has 0 bridgehead atoms. The summed E-state index contributed by atoms with van der Waals surface area (Å²) in [6.07, 6.45) is 1.01. The number of nitrogens with two attached hydrogens (primary N) is 1. The first-order valence-electron chi connectivity index (χ1n) is 6.64. The van der Waals surface area contributed by atoms with Crippen molar-refractivity contribution in [1.82, 2.24) is 5.32 Å². The number of benzene rings is 1. The summed E-state index contributed by atoms with van der Waals surface area (Å²) in [6, 6.07) is 10.2. The van der Waals surface area contributed by atoms with Gasteiger partial charge in [0, 0.05) is 24.4 Å². The van der Waals surface area contributed by atoms with Crippen LogP contribution in [0.2, 0.25) is 0 Å². The number of hydrogen-bond acceptors (Lipinski definition) is 2. The van der Waals surface area contributed by atoms with Crippen molar-refractivity contribution >= 4 is 18.3 Å². The van der Waals surface area contributed by atoms with Crippen LogP contribution in [0.4, 0.5) is 0 Å². The van der Waals surface area contributed by atoms with Crippen molar-refractivity contribution < 1.29 is 4.79 Å². The molecule has 1 rings (SSSR count). The van der Waals surface area contributed by atoms with Crippen molar-refractivity contribution in [3.05, 3.63) is 35.9 Å². The highest BCUT2D eigenvalue weighted by Crippen LogP contribution is 2.18. The normalized spacial score (nSPS) is 14.9. The molecule has 0 radical (unpaired) electrons. The van der Waals surface area contributed by atoms with Gasteiger partial charge in [0.05, 0.1) is 0 Å². The lowest BCUT2D eigenvalue weighted by atomic mass is 9.96. The third-order valence-electron chi connectivity index (χ3n) is 3.49. The molecule has 1 aromatic carbocycles. The van der Waals surface area contributed by atoms with E-state index in [9.17, 15) is 4.79 Å². The van der Waals surface area contributed by atoms with Gasteiger partial charge >= 0.3 is 0 Å². The van der Waals surface area contributed by atoms with E-state index in [0.29, 0.717) is 12.5 Å². The number of hydrogen-bond donors (Lipinski definition) is 2. The molecule has 19 heavy (non-hydrogen) atoms. The van der Waals surface area contributed by atoms with Gasteiger partial charge in [-0.1, -0.05) is 44.2 Å². The maximum atomic E-state index is 11.8. The van der Waals surface area contributed by atoms with Crippen LogP contribution in [0.25, 0.3) is 0 Å². The molecule has 108 valence electrons. The van der Waals surface area contributed by atoms with Crippen molar-refractivity contribution in [1.29, 1.82) is 0 Å². The summed E-state index contributed by atoms with van der Waals surface area (Å²) in [4.78, 5) is 11.8. The van der Waals surface area contributed by atoms with E-state index in [1.165, 1.54) is 5.56 Å². The molecule has 1 aromatic rings. The van der Waals surface area contributed by atoms with Crippen LogP contribution < -0.4 is 11.1 Å². The summed E-state index contributed by atoms with van der Waals surface area (Å²) < 4.78 is 0. The molecule has 4 heteroatoms. The minimum absolute atomic E-state index is 0. The number of halogens is 1. The van der Waals surface area contributed by atoms with Crippen molar-refractivity contribution in [3.63, 3.8) is 0 Å². The van der Waals surface area contributed by atoms with Gasteiger partial charge in [0.2, 0.25) is 5.91 Å². The maximum Gasteiger partial charge on any atom is 0.224 e. The van der Waals surface area contributed by atoms with Crippen LogP contribution in [-0.4, -0.2) is 18.5 Å². The maximum absolute atomic E-state index is 11.8. The average Bonchev–Trinajstić information content (AvgIpc) is 2.39. The van der Waals surface area contributed by atoms with E-state index in [-0.39, 0.29) is 30.3 Å². The smallest absolute Gasteiger partial charge is 0.224 e. The highest BCUT2D eigenvalue weighted by molar-refractivity contribution is 5.85. The van der Waals surface area contributed by atoms with E-state index in [1.54, 1.807) is 0 Å². The first kappa shape index (κ1) is 17.9. The molecular formula is C15H25ClN2O. The molecule has 0 fully saturated rings. The zero-order valence-corrected chi connectivity index (χ0v) is 12.7. The summed E-state index contributed by atoms with van der Waals surface area (Å²) in [5.74, 6) is 0.271. The average molecular weight is 285 g/mol. The number of carbonyl (C=O) groups is 1. The summed E-state index contributed by atoms with van der Waals surface area (Å²) in [7, 11) is 0. The SMILES string of the molecule is CCC(CNC(=O)C(C)C(C)N)c1ccccc1.Cl. The van der Waals surface area contributed by atoms with Crippen LogP contribution in [0.3, 0.4) is 0 Å². The Hall–Kier alpha value is -1.06. The molecule has 3 unspecified atom stereocenters. The fourth-order valence-corrected chi connectivity index (χ4v) is 1.85. The van der Waals surface area contributed by atoms with Gasteiger partial charge in [-0.25, -0.2) is 0 Å². The predicted octanol–water partition coefficient (Wildman–Crippen LogP) is 2.70. The number of rotatable bonds is 6. The quantitative estimate of drug-likeness (QED) is 0.844. The van der Waals surface area contributed by atoms with Gasteiger partial charge in [0.1, 0.15) is 0 Å². The van der Waals surface area contributed by atoms with Crippen molar-refractivity contribution in [3.8, 4) is 0 Å². The topological polar surface area (TPSA) is 55.1 Å². The Bertz CT molecular complexity index is 368. The van der Waals surface area contributed by atoms with Gasteiger partial charge in [0.25, 0.3) is 0 Å². The molecule has 0 saturated heterocycles. The second-order valence-electron chi connectivity index (χ2n) is 4.91. The lowest BCUT2D eigenvalue weighted by molar-refractivity contribution is -0.125. The minimum Gasteiger partial charge on any atom is -0.355 e. The standard InChI is InChI=1S/C15H24N2O.ClH/c1-4-13(14-8-6-5-7-9-14)10-17-15(18)11(2)12(3)16;/h5-9,11-13H,4,10,16H2,1-3H3,(H,17,18);1H. The first-order valence-corrected chi connectivity index (χ1v) is 6.64. The van der Waals surface area contributed by atoms with E-state index in [2.05, 4.69) is 24.4 Å². The van der Waals surface area contributed by atoms with Crippen LogP contribution in [0.1, 0.15) is 38.7 Å². The van der Waals surface area contributed by atoms with Crippen LogP contribution in [0, 0.1) is 5.92 Å². The Labute approximate surface area is 122 Å². The molecule has 0 aliphatic heterocycles. The minimum atomic E-state index is -0.140. The lowest BCUT2D eigenvalue weighted by Gasteiger charge is -2.19. The molecule has 0 aliphatic rings. The van der Waals surface area contributed by atoms with E-state index < -0.39 is 0 Å². The van der Waals surface area contributed by atoms with Crippen LogP contribution in [0.5, 0.6) is 0 Å². The summed E-state index contributed by atoms with van der Waals surface area (Å²) in [5.41, 5.74) is 7.00. The Morgan fingerprint density at radius 1 is 1.26 bits per heavy atom. The van der Waals surface area contributed by atoms with E-state index in [4.69, 9.17) is 5.73 Å². The van der Waals surface area contributed by atoms with Crippen molar-refractivity contribution in [2.45, 2.75) is 39.2 Å². The Balaban J connectivity index is 0.00000324. The summed E-state index contributed by atoms with van der Waals surface area (Å²) in [5, 5.41) is 2.99. The second-order valence-corrected chi connectivity index (χ2v) is 4.91. The van der Waals surface area contributed by atoms with Crippen LogP contribution in [0.15, 0.2) is 30.3 Å². The van der Waals surface area contributed by atoms with Crippen molar-refractivity contribution in [2.75, 3.05) is 6.54 Å². The van der Waals surface area contributed by atoms with E-state index >= 15 is 0 Å². The monoisotopic (exact) mass is 284 g/mol. The zero-order valence-electron chi connectivity index (χ0n) is 11.9. The molecule has 3 N–H and O–H groups in total. The summed E-state index contributed by atoms with van der Waals surface area (Å²) in [6.45, 7) is 6.54. The Morgan fingerprint density at radius 2 is 1.84 bits per heavy atom. The van der Waals surface area contributed by atoms with Gasteiger partial charge in [-0.2, -0.15) is 0 Å². The molecule has 0 spiro atoms. The lowest BCUT2D eigenvalue weighted by Crippen LogP contribution is -2.40. The van der Waals surface area contributed by atoms with Gasteiger partial charge in [-0.05, 0) is 18.9 Å². The molecule has 0 aromatic heterocycles.